The number of nitrogens with zero attached hydrogens (tertiary/aromatic N) is 3. The molecule has 1 aliphatic heterocycles. The molecule has 0 aromatic carbocycles. The lowest BCUT2D eigenvalue weighted by Crippen LogP contribution is -2.37. The molecule has 0 unspecified atom stereocenters. The molecule has 2 aromatic heterocycles. The summed E-state index contributed by atoms with van der Waals surface area (Å²) >= 11 is 5.23. The summed E-state index contributed by atoms with van der Waals surface area (Å²) in [6, 6.07) is 3.96. The molecular formula is C17H23N5O2S. The van der Waals surface area contributed by atoms with Crippen molar-refractivity contribution in [1.29, 1.82) is 0 Å². The number of hydrogen-bond donors (Lipinski definition) is 2. The van der Waals surface area contributed by atoms with Gasteiger partial charge in [-0.3, -0.25) is 9.99 Å². The molecule has 0 saturated carbocycles. The highest BCUT2D eigenvalue weighted by molar-refractivity contribution is 7.80. The van der Waals surface area contributed by atoms with Crippen LogP contribution in [-0.4, -0.2) is 40.3 Å². The van der Waals surface area contributed by atoms with E-state index in [4.69, 9.17) is 21.5 Å². The molecule has 2 N–H and O–H groups in total. The van der Waals surface area contributed by atoms with Gasteiger partial charge < -0.3 is 14.6 Å². The van der Waals surface area contributed by atoms with E-state index in [1.807, 2.05) is 37.5 Å². The van der Waals surface area contributed by atoms with Crippen LogP contribution in [0.3, 0.4) is 0 Å². The first kappa shape index (κ1) is 17.6. The fourth-order valence-corrected chi connectivity index (χ4v) is 3.08. The summed E-state index contributed by atoms with van der Waals surface area (Å²) in [6.45, 7) is 7.47. The van der Waals surface area contributed by atoms with E-state index in [9.17, 15) is 0 Å². The summed E-state index contributed by atoms with van der Waals surface area (Å²) in [6.07, 6.45) is 4.19. The Balaban J connectivity index is 1.59. The zero-order valence-corrected chi connectivity index (χ0v) is 15.5. The number of ether oxygens (including phenoxy) is 1. The smallest absolute Gasteiger partial charge is 0.187 e. The lowest BCUT2D eigenvalue weighted by molar-refractivity contribution is 0.114. The first-order valence-electron chi connectivity index (χ1n) is 8.35. The third-order valence-corrected chi connectivity index (χ3v) is 4.43. The molecule has 134 valence electrons. The number of nitrogens with one attached hydrogen (secondary N) is 2. The van der Waals surface area contributed by atoms with E-state index >= 15 is 0 Å². The average Bonchev–Trinajstić information content (AvgIpc) is 3.28. The predicted octanol–water partition coefficient (Wildman–Crippen LogP) is 2.37. The number of thiocarbonyl (C=S) groups is 1. The maximum atomic E-state index is 5.55. The van der Waals surface area contributed by atoms with Gasteiger partial charge in [0.25, 0.3) is 0 Å². The minimum atomic E-state index is 0.244. The molecule has 0 bridgehead atoms. The van der Waals surface area contributed by atoms with Gasteiger partial charge in [-0.2, -0.15) is 5.10 Å². The Bertz CT molecular complexity index is 774. The Morgan fingerprint density at radius 2 is 2.28 bits per heavy atom. The van der Waals surface area contributed by atoms with Crippen LogP contribution in [0.1, 0.15) is 35.6 Å². The molecule has 0 radical (unpaired) electrons. The first-order chi connectivity index (χ1) is 12.0. The largest absolute Gasteiger partial charge is 0.376 e. The van der Waals surface area contributed by atoms with Crippen LogP contribution in [0.5, 0.6) is 0 Å². The van der Waals surface area contributed by atoms with E-state index in [0.717, 1.165) is 48.0 Å². The Kier molecular flexibility index (Phi) is 5.50. The highest BCUT2D eigenvalue weighted by Crippen LogP contribution is 2.19. The van der Waals surface area contributed by atoms with E-state index in [1.54, 1.807) is 6.21 Å². The van der Waals surface area contributed by atoms with E-state index in [-0.39, 0.29) is 6.10 Å². The van der Waals surface area contributed by atoms with Gasteiger partial charge >= 0.3 is 0 Å². The Hall–Kier alpha value is -2.19. The van der Waals surface area contributed by atoms with Crippen LogP contribution >= 0.6 is 12.2 Å². The molecule has 0 spiro atoms. The summed E-state index contributed by atoms with van der Waals surface area (Å²) in [5, 5.41) is 11.9. The van der Waals surface area contributed by atoms with Crippen LogP contribution in [0.2, 0.25) is 0 Å². The number of aromatic nitrogens is 2. The third kappa shape index (κ3) is 4.26. The second-order valence-corrected chi connectivity index (χ2v) is 6.58. The summed E-state index contributed by atoms with van der Waals surface area (Å²) in [5.74, 6) is 1.55. The Labute approximate surface area is 152 Å². The highest BCUT2D eigenvalue weighted by Gasteiger charge is 2.15. The van der Waals surface area contributed by atoms with Gasteiger partial charge in [-0.25, -0.2) is 0 Å². The topological polar surface area (TPSA) is 76.6 Å². The second kappa shape index (κ2) is 7.79. The first-order valence-corrected chi connectivity index (χ1v) is 8.76. The molecule has 8 heteroatoms. The quantitative estimate of drug-likeness (QED) is 0.484. The molecule has 1 aliphatic rings. The Morgan fingerprint density at radius 1 is 1.44 bits per heavy atom. The van der Waals surface area contributed by atoms with Gasteiger partial charge in [-0.15, -0.1) is 0 Å². The fourth-order valence-electron chi connectivity index (χ4n) is 2.94. The SMILES string of the molecule is Cc1cc(-n2c(C)cc(/C=N\NC(=S)NC[C@H]3CCCO3)c2C)no1. The van der Waals surface area contributed by atoms with Gasteiger partial charge in [0.1, 0.15) is 5.76 Å². The van der Waals surface area contributed by atoms with Gasteiger partial charge in [-0.1, -0.05) is 5.16 Å². The molecule has 2 aromatic rings. The van der Waals surface area contributed by atoms with Gasteiger partial charge in [0.2, 0.25) is 0 Å². The van der Waals surface area contributed by atoms with Gasteiger partial charge in [0.05, 0.1) is 12.3 Å². The zero-order valence-electron chi connectivity index (χ0n) is 14.7. The van der Waals surface area contributed by atoms with Crippen molar-refractivity contribution in [3.63, 3.8) is 0 Å². The average molecular weight is 361 g/mol. The minimum Gasteiger partial charge on any atom is -0.376 e. The molecular weight excluding hydrogens is 338 g/mol. The monoisotopic (exact) mass is 361 g/mol. The summed E-state index contributed by atoms with van der Waals surface area (Å²) in [4.78, 5) is 0. The summed E-state index contributed by atoms with van der Waals surface area (Å²) < 4.78 is 12.7. The number of aryl methyl sites for hydroxylation is 2. The summed E-state index contributed by atoms with van der Waals surface area (Å²) in [7, 11) is 0. The summed E-state index contributed by atoms with van der Waals surface area (Å²) in [5.41, 5.74) is 5.94. The van der Waals surface area contributed by atoms with E-state index in [2.05, 4.69) is 21.0 Å². The number of rotatable bonds is 5. The van der Waals surface area contributed by atoms with Crippen LogP contribution in [0.25, 0.3) is 5.82 Å². The van der Waals surface area contributed by atoms with Crippen LogP contribution in [0.4, 0.5) is 0 Å². The maximum absolute atomic E-state index is 5.55. The highest BCUT2D eigenvalue weighted by atomic mass is 32.1. The van der Waals surface area contributed by atoms with Crippen LogP contribution in [-0.2, 0) is 4.74 Å². The fraction of sp³-hybridized carbons (Fsp3) is 0.471. The van der Waals surface area contributed by atoms with Crippen molar-refractivity contribution in [2.24, 2.45) is 5.10 Å². The van der Waals surface area contributed by atoms with E-state index in [0.29, 0.717) is 11.7 Å². The molecule has 7 nitrogen and oxygen atoms in total. The molecule has 0 aliphatic carbocycles. The van der Waals surface area contributed by atoms with Crippen molar-refractivity contribution in [3.8, 4) is 5.82 Å². The zero-order chi connectivity index (χ0) is 17.8. The molecule has 0 amide bonds. The minimum absolute atomic E-state index is 0.244. The third-order valence-electron chi connectivity index (χ3n) is 4.20. The van der Waals surface area contributed by atoms with Crippen LogP contribution < -0.4 is 10.7 Å². The molecule has 1 atom stereocenters. The van der Waals surface area contributed by atoms with Crippen LogP contribution in [0, 0.1) is 20.8 Å². The molecule has 1 saturated heterocycles. The normalized spacial score (nSPS) is 17.3. The lowest BCUT2D eigenvalue weighted by Gasteiger charge is -2.11. The molecule has 3 heterocycles. The van der Waals surface area contributed by atoms with Crippen molar-refractivity contribution in [2.75, 3.05) is 13.2 Å². The lowest BCUT2D eigenvalue weighted by atomic mass is 10.2. The number of hydrogen-bond acceptors (Lipinski definition) is 5. The van der Waals surface area contributed by atoms with Crippen molar-refractivity contribution >= 4 is 23.5 Å². The Morgan fingerprint density at radius 3 is 2.96 bits per heavy atom. The second-order valence-electron chi connectivity index (χ2n) is 6.17. The van der Waals surface area contributed by atoms with Gasteiger partial charge in [0, 0.05) is 36.2 Å². The van der Waals surface area contributed by atoms with Crippen molar-refractivity contribution in [3.05, 3.63) is 34.8 Å². The van der Waals surface area contributed by atoms with Crippen molar-refractivity contribution < 1.29 is 9.26 Å². The molecule has 25 heavy (non-hydrogen) atoms. The van der Waals surface area contributed by atoms with Gasteiger partial charge in [0.15, 0.2) is 10.9 Å². The van der Waals surface area contributed by atoms with E-state index in [1.165, 1.54) is 0 Å². The van der Waals surface area contributed by atoms with Gasteiger partial charge in [-0.05, 0) is 51.9 Å². The van der Waals surface area contributed by atoms with E-state index < -0.39 is 0 Å². The van der Waals surface area contributed by atoms with Crippen molar-refractivity contribution in [2.45, 2.75) is 39.7 Å². The van der Waals surface area contributed by atoms with Crippen LogP contribution in [0.15, 0.2) is 21.8 Å². The molecule has 3 rings (SSSR count). The molecule has 1 fully saturated rings. The number of hydrazone groups is 1. The predicted molar refractivity (Wildman–Crippen MR) is 100 cm³/mol. The standard InChI is InChI=1S/C17H23N5O2S/c1-11-7-14(13(3)22(11)16-8-12(2)24-21-16)9-19-20-17(25)18-10-15-5-4-6-23-15/h7-9,15H,4-6,10H2,1-3H3,(H2,18,20,25)/b19-9-/t15-/m1/s1. The van der Waals surface area contributed by atoms with Crippen molar-refractivity contribution in [1.82, 2.24) is 20.5 Å². The maximum Gasteiger partial charge on any atom is 0.187 e.